The van der Waals surface area contributed by atoms with Gasteiger partial charge in [-0.1, -0.05) is 30.3 Å². The van der Waals surface area contributed by atoms with E-state index in [2.05, 4.69) is 46.3 Å². The predicted octanol–water partition coefficient (Wildman–Crippen LogP) is 5.40. The van der Waals surface area contributed by atoms with Crippen LogP contribution in [0.15, 0.2) is 71.3 Å². The number of hydrogen-bond donors (Lipinski definition) is 0. The van der Waals surface area contributed by atoms with Gasteiger partial charge in [-0.2, -0.15) is 0 Å². The van der Waals surface area contributed by atoms with Gasteiger partial charge in [-0.25, -0.2) is 9.97 Å². The second-order valence-corrected chi connectivity index (χ2v) is 7.41. The molecule has 0 spiro atoms. The molecule has 0 aliphatic heterocycles. The number of aromatic nitrogens is 3. The highest BCUT2D eigenvalue weighted by atomic mass is 79.9. The van der Waals surface area contributed by atoms with Gasteiger partial charge in [-0.3, -0.25) is 4.40 Å². The zero-order valence-corrected chi connectivity index (χ0v) is 16.3. The van der Waals surface area contributed by atoms with Gasteiger partial charge in [-0.05, 0) is 57.4 Å². The molecule has 0 bridgehead atoms. The van der Waals surface area contributed by atoms with E-state index in [1.807, 2.05) is 40.9 Å². The Morgan fingerprint density at radius 3 is 2.67 bits per heavy atom. The van der Waals surface area contributed by atoms with Crippen LogP contribution in [0.5, 0.6) is 5.75 Å². The van der Waals surface area contributed by atoms with E-state index in [0.717, 1.165) is 44.4 Å². The summed E-state index contributed by atoms with van der Waals surface area (Å²) in [6.07, 6.45) is 2.80. The number of fused-ring (bicyclic) bond motifs is 4. The van der Waals surface area contributed by atoms with Crippen molar-refractivity contribution in [1.29, 1.82) is 0 Å². The van der Waals surface area contributed by atoms with Crippen LogP contribution < -0.4 is 4.74 Å². The number of ether oxygens (including phenoxy) is 1. The van der Waals surface area contributed by atoms with Crippen LogP contribution in [0.1, 0.15) is 11.1 Å². The quantitative estimate of drug-likeness (QED) is 0.394. The number of halogens is 1. The molecule has 3 heterocycles. The maximum atomic E-state index is 5.45. The number of imidazole rings is 1. The van der Waals surface area contributed by atoms with Gasteiger partial charge in [-0.15, -0.1) is 0 Å². The molecule has 5 heteroatoms. The first-order valence-corrected chi connectivity index (χ1v) is 9.50. The minimum Gasteiger partial charge on any atom is -0.497 e. The Hall–Kier alpha value is -2.92. The summed E-state index contributed by atoms with van der Waals surface area (Å²) in [6.45, 7) is 0. The van der Waals surface area contributed by atoms with E-state index in [-0.39, 0.29) is 0 Å². The lowest BCUT2D eigenvalue weighted by Crippen LogP contribution is -1.96. The molecular formula is C22H16BrN3O. The van der Waals surface area contributed by atoms with E-state index >= 15 is 0 Å². The second kappa shape index (κ2) is 6.35. The fraction of sp³-hybridized carbons (Fsp3) is 0.0909. The van der Waals surface area contributed by atoms with Crippen LogP contribution in [0.4, 0.5) is 0 Å². The molecule has 132 valence electrons. The number of pyridine rings is 2. The standard InChI is InChI=1S/C22H16BrN3O/c1-27-16-8-9-19-17(12-16)18(11-14-5-3-2-4-6-14)21-22(24-19)26-13-15(23)7-10-20(26)25-21/h2-10,12-13H,11H2,1H3. The summed E-state index contributed by atoms with van der Waals surface area (Å²) in [7, 11) is 1.69. The van der Waals surface area contributed by atoms with Crippen molar-refractivity contribution in [2.24, 2.45) is 0 Å². The molecule has 27 heavy (non-hydrogen) atoms. The van der Waals surface area contributed by atoms with Crippen LogP contribution in [0.25, 0.3) is 27.7 Å². The molecule has 0 saturated carbocycles. The van der Waals surface area contributed by atoms with Crippen molar-refractivity contribution in [2.75, 3.05) is 7.11 Å². The maximum absolute atomic E-state index is 5.45. The molecule has 0 radical (unpaired) electrons. The molecule has 0 aliphatic rings. The van der Waals surface area contributed by atoms with Crippen molar-refractivity contribution < 1.29 is 4.74 Å². The molecule has 0 fully saturated rings. The number of nitrogens with zero attached hydrogens (tertiary/aromatic N) is 3. The van der Waals surface area contributed by atoms with E-state index in [9.17, 15) is 0 Å². The number of methoxy groups -OCH3 is 1. The highest BCUT2D eigenvalue weighted by molar-refractivity contribution is 9.10. The smallest absolute Gasteiger partial charge is 0.165 e. The molecular weight excluding hydrogens is 402 g/mol. The zero-order chi connectivity index (χ0) is 18.4. The summed E-state index contributed by atoms with van der Waals surface area (Å²) in [4.78, 5) is 9.81. The van der Waals surface area contributed by atoms with Gasteiger partial charge >= 0.3 is 0 Å². The Morgan fingerprint density at radius 2 is 1.85 bits per heavy atom. The Labute approximate surface area is 164 Å². The molecule has 5 aromatic rings. The summed E-state index contributed by atoms with van der Waals surface area (Å²) in [5.41, 5.74) is 6.04. The SMILES string of the molecule is COc1ccc2nc3c(nc4ccc(Br)cn43)c(Cc3ccccc3)c2c1. The van der Waals surface area contributed by atoms with E-state index < -0.39 is 0 Å². The van der Waals surface area contributed by atoms with Crippen LogP contribution in [-0.2, 0) is 6.42 Å². The van der Waals surface area contributed by atoms with Gasteiger partial charge in [0.25, 0.3) is 0 Å². The van der Waals surface area contributed by atoms with Crippen LogP contribution in [0.2, 0.25) is 0 Å². The summed E-state index contributed by atoms with van der Waals surface area (Å²) >= 11 is 3.55. The number of rotatable bonds is 3. The Morgan fingerprint density at radius 1 is 1.00 bits per heavy atom. The number of hydrogen-bond acceptors (Lipinski definition) is 3. The van der Waals surface area contributed by atoms with Crippen molar-refractivity contribution in [3.05, 3.63) is 82.5 Å². The van der Waals surface area contributed by atoms with Gasteiger partial charge in [0.15, 0.2) is 5.65 Å². The first-order valence-electron chi connectivity index (χ1n) is 8.71. The first-order chi connectivity index (χ1) is 13.2. The topological polar surface area (TPSA) is 39.4 Å². The zero-order valence-electron chi connectivity index (χ0n) is 14.7. The Kier molecular flexibility index (Phi) is 3.83. The molecule has 4 nitrogen and oxygen atoms in total. The molecule has 0 amide bonds. The Bertz CT molecular complexity index is 1300. The molecule has 3 aromatic heterocycles. The largest absolute Gasteiger partial charge is 0.497 e. The van der Waals surface area contributed by atoms with Gasteiger partial charge < -0.3 is 4.74 Å². The Balaban J connectivity index is 1.88. The molecule has 2 aromatic carbocycles. The van der Waals surface area contributed by atoms with Crippen LogP contribution in [0.3, 0.4) is 0 Å². The lowest BCUT2D eigenvalue weighted by Gasteiger charge is -2.10. The predicted molar refractivity (Wildman–Crippen MR) is 111 cm³/mol. The van der Waals surface area contributed by atoms with Crippen molar-refractivity contribution >= 4 is 43.6 Å². The molecule has 0 unspecified atom stereocenters. The minimum atomic E-state index is 0.786. The van der Waals surface area contributed by atoms with Crippen molar-refractivity contribution in [3.8, 4) is 5.75 Å². The van der Waals surface area contributed by atoms with E-state index in [0.29, 0.717) is 0 Å². The van der Waals surface area contributed by atoms with Gasteiger partial charge in [0, 0.05) is 22.5 Å². The van der Waals surface area contributed by atoms with Gasteiger partial charge in [0.05, 0.1) is 12.6 Å². The molecule has 5 rings (SSSR count). The van der Waals surface area contributed by atoms with E-state index in [1.54, 1.807) is 7.11 Å². The normalized spacial score (nSPS) is 11.5. The third-order valence-corrected chi connectivity index (χ3v) is 5.29. The third kappa shape index (κ3) is 2.75. The van der Waals surface area contributed by atoms with Gasteiger partial charge in [0.1, 0.15) is 16.9 Å². The first kappa shape index (κ1) is 16.3. The fourth-order valence-corrected chi connectivity index (χ4v) is 3.85. The van der Waals surface area contributed by atoms with Crippen LogP contribution >= 0.6 is 15.9 Å². The highest BCUT2D eigenvalue weighted by Crippen LogP contribution is 2.31. The van der Waals surface area contributed by atoms with Crippen molar-refractivity contribution in [1.82, 2.24) is 14.4 Å². The van der Waals surface area contributed by atoms with Crippen LogP contribution in [0, 0.1) is 0 Å². The molecule has 0 saturated heterocycles. The third-order valence-electron chi connectivity index (χ3n) is 4.82. The molecule has 0 atom stereocenters. The lowest BCUT2D eigenvalue weighted by molar-refractivity contribution is 0.415. The highest BCUT2D eigenvalue weighted by Gasteiger charge is 2.16. The summed E-state index contributed by atoms with van der Waals surface area (Å²) in [5, 5.41) is 1.08. The summed E-state index contributed by atoms with van der Waals surface area (Å²) in [5.74, 6) is 0.824. The van der Waals surface area contributed by atoms with Gasteiger partial charge in [0.2, 0.25) is 0 Å². The fourth-order valence-electron chi connectivity index (χ4n) is 3.52. The second-order valence-electron chi connectivity index (χ2n) is 6.50. The molecule has 0 N–H and O–H groups in total. The monoisotopic (exact) mass is 417 g/mol. The van der Waals surface area contributed by atoms with E-state index in [4.69, 9.17) is 14.7 Å². The average molecular weight is 418 g/mol. The van der Waals surface area contributed by atoms with E-state index in [1.165, 1.54) is 11.1 Å². The molecule has 0 aliphatic carbocycles. The summed E-state index contributed by atoms with van der Waals surface area (Å²) < 4.78 is 8.49. The minimum absolute atomic E-state index is 0.786. The number of benzene rings is 2. The van der Waals surface area contributed by atoms with Crippen molar-refractivity contribution in [3.63, 3.8) is 0 Å². The summed E-state index contributed by atoms with van der Waals surface area (Å²) in [6, 6.07) is 20.5. The average Bonchev–Trinajstić information content (AvgIpc) is 3.06. The van der Waals surface area contributed by atoms with Crippen molar-refractivity contribution in [2.45, 2.75) is 6.42 Å². The lowest BCUT2D eigenvalue weighted by atomic mass is 10.00. The van der Waals surface area contributed by atoms with Crippen LogP contribution in [-0.4, -0.2) is 21.5 Å². The maximum Gasteiger partial charge on any atom is 0.165 e.